The third-order valence-electron chi connectivity index (χ3n) is 4.97. The molecule has 10 heteroatoms. The number of carbonyl (C=O) groups excluding carboxylic acids is 1. The maximum atomic E-state index is 13.1. The summed E-state index contributed by atoms with van der Waals surface area (Å²) >= 11 is 0. The third-order valence-corrected chi connectivity index (χ3v) is 6.80. The van der Waals surface area contributed by atoms with Gasteiger partial charge in [-0.15, -0.1) is 0 Å². The molecule has 0 radical (unpaired) electrons. The van der Waals surface area contributed by atoms with E-state index in [1.807, 2.05) is 13.8 Å². The van der Waals surface area contributed by atoms with Crippen LogP contribution in [0.3, 0.4) is 0 Å². The summed E-state index contributed by atoms with van der Waals surface area (Å²) in [7, 11) is -1.99. The summed E-state index contributed by atoms with van der Waals surface area (Å²) in [6.45, 7) is 4.23. The highest BCUT2D eigenvalue weighted by molar-refractivity contribution is 7.89. The number of nitrogens with one attached hydrogen (secondary N) is 1. The van der Waals surface area contributed by atoms with Crippen LogP contribution in [0.15, 0.2) is 47.5 Å². The van der Waals surface area contributed by atoms with Crippen molar-refractivity contribution in [3.8, 4) is 0 Å². The average molecular weight is 430 g/mol. The molecular formula is C20H23N5O4S. The molecule has 1 N–H and O–H groups in total. The Morgan fingerprint density at radius 1 is 1.17 bits per heavy atom. The summed E-state index contributed by atoms with van der Waals surface area (Å²) in [6, 6.07) is 9.58. The minimum atomic E-state index is -3.74. The number of aryl methyl sites for hydroxylation is 1. The van der Waals surface area contributed by atoms with Gasteiger partial charge in [0.1, 0.15) is 5.52 Å². The highest BCUT2D eigenvalue weighted by atomic mass is 32.2. The van der Waals surface area contributed by atoms with Gasteiger partial charge < -0.3 is 4.74 Å². The predicted molar refractivity (Wildman–Crippen MR) is 112 cm³/mol. The number of carbonyl (C=O) groups is 1. The lowest BCUT2D eigenvalue weighted by atomic mass is 10.2. The number of fused-ring (bicyclic) bond motifs is 1. The fraction of sp³-hybridized carbons (Fsp3) is 0.350. The topological polar surface area (TPSA) is 106 Å². The minimum absolute atomic E-state index is 0.0723. The fourth-order valence-corrected chi connectivity index (χ4v) is 5.22. The van der Waals surface area contributed by atoms with Crippen LogP contribution in [0.25, 0.3) is 11.2 Å². The van der Waals surface area contributed by atoms with Crippen molar-refractivity contribution in [2.75, 3.05) is 18.4 Å². The molecule has 4 rings (SSSR count). The van der Waals surface area contributed by atoms with Crippen LogP contribution >= 0.6 is 0 Å². The second-order valence-electron chi connectivity index (χ2n) is 7.40. The lowest BCUT2D eigenvalue weighted by Crippen LogP contribution is -2.48. The normalized spacial score (nSPS) is 20.4. The molecule has 0 bridgehead atoms. The van der Waals surface area contributed by atoms with Crippen molar-refractivity contribution in [2.45, 2.75) is 31.0 Å². The van der Waals surface area contributed by atoms with Crippen molar-refractivity contribution in [2.24, 2.45) is 7.05 Å². The van der Waals surface area contributed by atoms with Gasteiger partial charge in [0.25, 0.3) is 5.91 Å². The lowest BCUT2D eigenvalue weighted by Gasteiger charge is -2.34. The maximum absolute atomic E-state index is 13.1. The van der Waals surface area contributed by atoms with Gasteiger partial charge >= 0.3 is 0 Å². The highest BCUT2D eigenvalue weighted by Gasteiger charge is 2.32. The Kier molecular flexibility index (Phi) is 5.31. The molecule has 1 aromatic carbocycles. The average Bonchev–Trinajstić information content (AvgIpc) is 3.03. The molecule has 0 saturated carbocycles. The molecule has 1 saturated heterocycles. The number of rotatable bonds is 4. The molecule has 158 valence electrons. The van der Waals surface area contributed by atoms with Crippen molar-refractivity contribution < 1.29 is 17.9 Å². The summed E-state index contributed by atoms with van der Waals surface area (Å²) in [5.41, 5.74) is 1.52. The third kappa shape index (κ3) is 3.81. The van der Waals surface area contributed by atoms with Gasteiger partial charge in [-0.05, 0) is 44.2 Å². The molecule has 0 unspecified atom stereocenters. The SMILES string of the molecule is C[C@H]1CN(S(=O)(=O)c2cccc(C(=O)Nc3nc4cccnc4n3C)c2)C[C@H](C)O1. The molecule has 2 aromatic heterocycles. The molecule has 0 spiro atoms. The van der Waals surface area contributed by atoms with E-state index in [9.17, 15) is 13.2 Å². The summed E-state index contributed by atoms with van der Waals surface area (Å²) < 4.78 is 34.9. The van der Waals surface area contributed by atoms with Gasteiger partial charge in [0, 0.05) is 31.9 Å². The number of hydrogen-bond acceptors (Lipinski definition) is 6. The first-order chi connectivity index (χ1) is 14.3. The quantitative estimate of drug-likeness (QED) is 0.680. The summed E-state index contributed by atoms with van der Waals surface area (Å²) in [5.74, 6) is -0.119. The highest BCUT2D eigenvalue weighted by Crippen LogP contribution is 2.23. The van der Waals surface area contributed by atoms with Crippen LogP contribution in [-0.4, -0.2) is 58.5 Å². The van der Waals surface area contributed by atoms with E-state index in [4.69, 9.17) is 4.74 Å². The van der Waals surface area contributed by atoms with E-state index in [1.165, 1.54) is 16.4 Å². The van der Waals surface area contributed by atoms with Gasteiger partial charge in [0.2, 0.25) is 16.0 Å². The van der Waals surface area contributed by atoms with E-state index < -0.39 is 15.9 Å². The van der Waals surface area contributed by atoms with E-state index in [0.29, 0.717) is 17.1 Å². The summed E-state index contributed by atoms with van der Waals surface area (Å²) in [5, 5.41) is 2.73. The monoisotopic (exact) mass is 429 g/mol. The molecule has 1 aliphatic heterocycles. The van der Waals surface area contributed by atoms with Crippen molar-refractivity contribution >= 4 is 33.0 Å². The van der Waals surface area contributed by atoms with Gasteiger partial charge in [-0.2, -0.15) is 4.31 Å². The zero-order valence-corrected chi connectivity index (χ0v) is 17.8. The molecule has 2 atom stereocenters. The number of anilines is 1. The largest absolute Gasteiger partial charge is 0.373 e. The van der Waals surface area contributed by atoms with Crippen LogP contribution in [0.1, 0.15) is 24.2 Å². The Bertz CT molecular complexity index is 1200. The van der Waals surface area contributed by atoms with Crippen LogP contribution in [0, 0.1) is 0 Å². The van der Waals surface area contributed by atoms with Crippen LogP contribution in [0.5, 0.6) is 0 Å². The smallest absolute Gasteiger partial charge is 0.258 e. The number of ether oxygens (including phenoxy) is 1. The number of amides is 1. The van der Waals surface area contributed by atoms with Gasteiger partial charge in [-0.1, -0.05) is 6.07 Å². The number of hydrogen-bond donors (Lipinski definition) is 1. The van der Waals surface area contributed by atoms with Gasteiger partial charge in [-0.3, -0.25) is 14.7 Å². The molecule has 0 aliphatic carbocycles. The number of aromatic nitrogens is 3. The number of sulfonamides is 1. The maximum Gasteiger partial charge on any atom is 0.258 e. The first-order valence-electron chi connectivity index (χ1n) is 9.60. The first-order valence-corrected chi connectivity index (χ1v) is 11.0. The predicted octanol–water partition coefficient (Wildman–Crippen LogP) is 2.02. The van der Waals surface area contributed by atoms with Gasteiger partial charge in [-0.25, -0.2) is 18.4 Å². The van der Waals surface area contributed by atoms with Crippen LogP contribution in [-0.2, 0) is 21.8 Å². The Labute approximate surface area is 174 Å². The molecule has 9 nitrogen and oxygen atoms in total. The molecule has 30 heavy (non-hydrogen) atoms. The van der Waals surface area contributed by atoms with Crippen LogP contribution in [0.4, 0.5) is 5.95 Å². The number of nitrogens with zero attached hydrogens (tertiary/aromatic N) is 4. The Hall–Kier alpha value is -2.82. The van der Waals surface area contributed by atoms with Crippen molar-refractivity contribution in [1.82, 2.24) is 18.8 Å². The second kappa shape index (κ2) is 7.78. The molecule has 1 fully saturated rings. The van der Waals surface area contributed by atoms with E-state index in [1.54, 1.807) is 42.1 Å². The zero-order chi connectivity index (χ0) is 21.5. The van der Waals surface area contributed by atoms with E-state index in [-0.39, 0.29) is 35.8 Å². The molecule has 3 aromatic rings. The fourth-order valence-electron chi connectivity index (χ4n) is 3.58. The molecule has 1 aliphatic rings. The number of imidazole rings is 1. The lowest BCUT2D eigenvalue weighted by molar-refractivity contribution is -0.0440. The van der Waals surface area contributed by atoms with Gasteiger partial charge in [0.15, 0.2) is 5.65 Å². The number of pyridine rings is 1. The first kappa shape index (κ1) is 20.5. The van der Waals surface area contributed by atoms with Crippen LogP contribution < -0.4 is 5.32 Å². The van der Waals surface area contributed by atoms with Crippen LogP contribution in [0.2, 0.25) is 0 Å². The number of morpholine rings is 1. The summed E-state index contributed by atoms with van der Waals surface area (Å²) in [4.78, 5) is 21.5. The van der Waals surface area contributed by atoms with Gasteiger partial charge in [0.05, 0.1) is 17.1 Å². The Balaban J connectivity index is 1.59. The summed E-state index contributed by atoms with van der Waals surface area (Å²) in [6.07, 6.45) is 1.26. The van der Waals surface area contributed by atoms with Crippen molar-refractivity contribution in [3.63, 3.8) is 0 Å². The van der Waals surface area contributed by atoms with Crippen molar-refractivity contribution in [3.05, 3.63) is 48.2 Å². The minimum Gasteiger partial charge on any atom is -0.373 e. The Morgan fingerprint density at radius 3 is 2.60 bits per heavy atom. The van der Waals surface area contributed by atoms with Crippen molar-refractivity contribution in [1.29, 1.82) is 0 Å². The van der Waals surface area contributed by atoms with E-state index in [0.717, 1.165) is 0 Å². The Morgan fingerprint density at radius 2 is 1.90 bits per heavy atom. The standard InChI is InChI=1S/C20H23N5O4S/c1-13-11-25(12-14(2)29-13)30(27,28)16-7-4-6-15(10-16)19(26)23-20-22-17-8-5-9-21-18(17)24(20)3/h4-10,13-14H,11-12H2,1-3H3,(H,22,23,26)/t13-,14-/m0/s1. The molecule has 3 heterocycles. The second-order valence-corrected chi connectivity index (χ2v) is 9.34. The van der Waals surface area contributed by atoms with E-state index >= 15 is 0 Å². The van der Waals surface area contributed by atoms with E-state index in [2.05, 4.69) is 15.3 Å². The molecule has 1 amide bonds. The number of benzene rings is 1. The zero-order valence-electron chi connectivity index (χ0n) is 16.9. The molecular weight excluding hydrogens is 406 g/mol.